The molecule has 0 amide bonds. The molecule has 1 aromatic carbocycles. The van der Waals surface area contributed by atoms with Gasteiger partial charge in [0, 0.05) is 29.0 Å². The fourth-order valence-electron chi connectivity index (χ4n) is 1.88. The summed E-state index contributed by atoms with van der Waals surface area (Å²) in [5.41, 5.74) is 8.21. The molecule has 18 heavy (non-hydrogen) atoms. The number of benzene rings is 1. The second kappa shape index (κ2) is 5.85. The fraction of sp³-hybridized carbons (Fsp3) is 0.214. The second-order valence-electron chi connectivity index (χ2n) is 4.06. The Balaban J connectivity index is 2.23. The number of rotatable bonds is 4. The van der Waals surface area contributed by atoms with Crippen LogP contribution in [0.15, 0.2) is 42.7 Å². The molecule has 2 rings (SSSR count). The van der Waals surface area contributed by atoms with Gasteiger partial charge in [-0.3, -0.25) is 4.98 Å². The third-order valence-corrected chi connectivity index (χ3v) is 3.00. The van der Waals surface area contributed by atoms with Gasteiger partial charge in [-0.1, -0.05) is 17.7 Å². The Bertz CT molecular complexity index is 516. The van der Waals surface area contributed by atoms with E-state index in [1.807, 2.05) is 30.5 Å². The molecule has 1 atom stereocenters. The normalized spacial score (nSPS) is 12.2. The molecule has 2 aromatic rings. The van der Waals surface area contributed by atoms with Crippen molar-refractivity contribution in [1.29, 1.82) is 0 Å². The lowest BCUT2D eigenvalue weighted by molar-refractivity contribution is 0.405. The van der Waals surface area contributed by atoms with Crippen LogP contribution in [0.5, 0.6) is 5.75 Å². The Morgan fingerprint density at radius 2 is 2.22 bits per heavy atom. The Morgan fingerprint density at radius 1 is 1.39 bits per heavy atom. The summed E-state index contributed by atoms with van der Waals surface area (Å²) in [7, 11) is 1.63. The number of nitrogens with zero attached hydrogens (tertiary/aromatic N) is 1. The van der Waals surface area contributed by atoms with Crippen LogP contribution < -0.4 is 10.5 Å². The standard InChI is InChI=1S/C14H15ClN2O/c1-18-14-5-4-11(15)8-12(14)13(16)7-10-3-2-6-17-9-10/h2-6,8-9,13H,7,16H2,1H3. The maximum absolute atomic E-state index is 6.21. The van der Waals surface area contributed by atoms with Crippen molar-refractivity contribution in [1.82, 2.24) is 4.98 Å². The molecule has 0 saturated heterocycles. The van der Waals surface area contributed by atoms with Gasteiger partial charge in [-0.2, -0.15) is 0 Å². The number of hydrogen-bond acceptors (Lipinski definition) is 3. The zero-order valence-electron chi connectivity index (χ0n) is 10.1. The molecular weight excluding hydrogens is 248 g/mol. The first-order chi connectivity index (χ1) is 8.70. The predicted molar refractivity (Wildman–Crippen MR) is 72.9 cm³/mol. The van der Waals surface area contributed by atoms with Gasteiger partial charge in [-0.25, -0.2) is 0 Å². The largest absolute Gasteiger partial charge is 0.496 e. The van der Waals surface area contributed by atoms with Crippen molar-refractivity contribution in [2.24, 2.45) is 5.73 Å². The van der Waals surface area contributed by atoms with Crippen molar-refractivity contribution < 1.29 is 4.74 Å². The smallest absolute Gasteiger partial charge is 0.123 e. The first kappa shape index (κ1) is 12.9. The zero-order chi connectivity index (χ0) is 13.0. The Hall–Kier alpha value is -1.58. The zero-order valence-corrected chi connectivity index (χ0v) is 10.9. The highest BCUT2D eigenvalue weighted by Gasteiger charge is 2.13. The summed E-state index contributed by atoms with van der Waals surface area (Å²) < 4.78 is 5.30. The lowest BCUT2D eigenvalue weighted by Gasteiger charge is -2.16. The average Bonchev–Trinajstić information content (AvgIpc) is 2.40. The third-order valence-electron chi connectivity index (χ3n) is 2.77. The molecular formula is C14H15ClN2O. The van der Waals surface area contributed by atoms with Crippen molar-refractivity contribution in [3.8, 4) is 5.75 Å². The molecule has 0 spiro atoms. The quantitative estimate of drug-likeness (QED) is 0.922. The molecule has 0 saturated carbocycles. The van der Waals surface area contributed by atoms with Crippen molar-refractivity contribution in [3.63, 3.8) is 0 Å². The third kappa shape index (κ3) is 3.00. The number of pyridine rings is 1. The molecule has 0 radical (unpaired) electrons. The van der Waals surface area contributed by atoms with E-state index in [1.54, 1.807) is 19.4 Å². The second-order valence-corrected chi connectivity index (χ2v) is 4.49. The van der Waals surface area contributed by atoms with Gasteiger partial charge in [0.1, 0.15) is 5.75 Å². The molecule has 4 heteroatoms. The van der Waals surface area contributed by atoms with E-state index < -0.39 is 0 Å². The summed E-state index contributed by atoms with van der Waals surface area (Å²) in [6.07, 6.45) is 4.26. The molecule has 2 N–H and O–H groups in total. The van der Waals surface area contributed by atoms with Crippen LogP contribution in [0.4, 0.5) is 0 Å². The lowest BCUT2D eigenvalue weighted by Crippen LogP contribution is -2.14. The van der Waals surface area contributed by atoms with Crippen LogP contribution in [-0.4, -0.2) is 12.1 Å². The molecule has 0 aliphatic carbocycles. The number of aromatic nitrogens is 1. The molecule has 1 aromatic heterocycles. The summed E-state index contributed by atoms with van der Waals surface area (Å²) >= 11 is 6.00. The van der Waals surface area contributed by atoms with Crippen molar-refractivity contribution in [2.75, 3.05) is 7.11 Å². The SMILES string of the molecule is COc1ccc(Cl)cc1C(N)Cc1cccnc1. The van der Waals surface area contributed by atoms with E-state index in [-0.39, 0.29) is 6.04 Å². The maximum Gasteiger partial charge on any atom is 0.123 e. The van der Waals surface area contributed by atoms with Gasteiger partial charge in [0.2, 0.25) is 0 Å². The minimum atomic E-state index is -0.164. The Labute approximate surface area is 112 Å². The molecule has 1 unspecified atom stereocenters. The van der Waals surface area contributed by atoms with E-state index in [0.717, 1.165) is 16.9 Å². The summed E-state index contributed by atoms with van der Waals surface area (Å²) in [5, 5.41) is 0.660. The first-order valence-corrected chi connectivity index (χ1v) is 6.06. The molecule has 0 bridgehead atoms. The van der Waals surface area contributed by atoms with E-state index in [0.29, 0.717) is 11.4 Å². The predicted octanol–water partition coefficient (Wildman–Crippen LogP) is 2.99. The number of hydrogen-bond donors (Lipinski definition) is 1. The highest BCUT2D eigenvalue weighted by atomic mass is 35.5. The highest BCUT2D eigenvalue weighted by molar-refractivity contribution is 6.30. The van der Waals surface area contributed by atoms with Gasteiger partial charge in [-0.15, -0.1) is 0 Å². The fourth-order valence-corrected chi connectivity index (χ4v) is 2.06. The number of nitrogens with two attached hydrogens (primary N) is 1. The Kier molecular flexibility index (Phi) is 4.18. The minimum Gasteiger partial charge on any atom is -0.496 e. The van der Waals surface area contributed by atoms with E-state index in [9.17, 15) is 0 Å². The van der Waals surface area contributed by atoms with E-state index in [2.05, 4.69) is 4.98 Å². The van der Waals surface area contributed by atoms with Crippen LogP contribution in [0.2, 0.25) is 5.02 Å². The van der Waals surface area contributed by atoms with E-state index >= 15 is 0 Å². The Morgan fingerprint density at radius 3 is 2.89 bits per heavy atom. The van der Waals surface area contributed by atoms with Crippen LogP contribution in [0.3, 0.4) is 0 Å². The molecule has 1 heterocycles. The van der Waals surface area contributed by atoms with Crippen LogP contribution in [-0.2, 0) is 6.42 Å². The van der Waals surface area contributed by atoms with Crippen LogP contribution in [0, 0.1) is 0 Å². The maximum atomic E-state index is 6.21. The molecule has 0 aliphatic heterocycles. The van der Waals surface area contributed by atoms with Gasteiger partial charge in [0.25, 0.3) is 0 Å². The van der Waals surface area contributed by atoms with Crippen molar-refractivity contribution in [3.05, 3.63) is 58.9 Å². The van der Waals surface area contributed by atoms with Crippen LogP contribution in [0.1, 0.15) is 17.2 Å². The summed E-state index contributed by atoms with van der Waals surface area (Å²) in [6, 6.07) is 9.21. The summed E-state index contributed by atoms with van der Waals surface area (Å²) in [5.74, 6) is 0.760. The molecule has 0 aliphatic rings. The number of methoxy groups -OCH3 is 1. The van der Waals surface area contributed by atoms with Gasteiger partial charge in [0.05, 0.1) is 7.11 Å². The topological polar surface area (TPSA) is 48.1 Å². The monoisotopic (exact) mass is 262 g/mol. The van der Waals surface area contributed by atoms with Gasteiger partial charge in [-0.05, 0) is 36.2 Å². The van der Waals surface area contributed by atoms with E-state index in [4.69, 9.17) is 22.1 Å². The van der Waals surface area contributed by atoms with Gasteiger partial charge >= 0.3 is 0 Å². The molecule has 3 nitrogen and oxygen atoms in total. The number of ether oxygens (including phenoxy) is 1. The van der Waals surface area contributed by atoms with Crippen LogP contribution in [0.25, 0.3) is 0 Å². The molecule has 94 valence electrons. The van der Waals surface area contributed by atoms with Crippen molar-refractivity contribution >= 4 is 11.6 Å². The molecule has 0 fully saturated rings. The highest BCUT2D eigenvalue weighted by Crippen LogP contribution is 2.28. The minimum absolute atomic E-state index is 0.164. The number of halogens is 1. The van der Waals surface area contributed by atoms with Gasteiger partial charge < -0.3 is 10.5 Å². The van der Waals surface area contributed by atoms with Crippen molar-refractivity contribution in [2.45, 2.75) is 12.5 Å². The van der Waals surface area contributed by atoms with Gasteiger partial charge in [0.15, 0.2) is 0 Å². The summed E-state index contributed by atoms with van der Waals surface area (Å²) in [4.78, 5) is 4.08. The first-order valence-electron chi connectivity index (χ1n) is 5.68. The van der Waals surface area contributed by atoms with E-state index in [1.165, 1.54) is 0 Å². The van der Waals surface area contributed by atoms with Crippen LogP contribution >= 0.6 is 11.6 Å². The lowest BCUT2D eigenvalue weighted by atomic mass is 10.00. The summed E-state index contributed by atoms with van der Waals surface area (Å²) in [6.45, 7) is 0. The average molecular weight is 263 g/mol.